The van der Waals surface area contributed by atoms with Gasteiger partial charge in [-0.25, -0.2) is 14.4 Å². The lowest BCUT2D eigenvalue weighted by Gasteiger charge is -2.16. The number of aryl methyl sites for hydroxylation is 1. The minimum Gasteiger partial charge on any atom is -0.487 e. The lowest BCUT2D eigenvalue weighted by Crippen LogP contribution is -2.21. The molecule has 7 rings (SSSR count). The number of hydrogen-bond donors (Lipinski definition) is 3. The highest BCUT2D eigenvalue weighted by Gasteiger charge is 2.27. The number of rotatable bonds is 9. The molecule has 9 nitrogen and oxygen atoms in total. The maximum atomic E-state index is 13.5. The summed E-state index contributed by atoms with van der Waals surface area (Å²) in [5.74, 6) is 0.730. The van der Waals surface area contributed by atoms with Gasteiger partial charge < -0.3 is 20.7 Å². The van der Waals surface area contributed by atoms with E-state index in [1.54, 1.807) is 46.6 Å². The van der Waals surface area contributed by atoms with Crippen molar-refractivity contribution < 1.29 is 13.9 Å². The number of carbonyl (C=O) groups is 1. The molecule has 3 aromatic carbocycles. The summed E-state index contributed by atoms with van der Waals surface area (Å²) < 4.78 is 21.1. The van der Waals surface area contributed by atoms with Gasteiger partial charge in [-0.2, -0.15) is 5.10 Å². The third-order valence-corrected chi connectivity index (χ3v) is 9.09. The predicted molar refractivity (Wildman–Crippen MR) is 176 cm³/mol. The van der Waals surface area contributed by atoms with Crippen LogP contribution in [0, 0.1) is 5.82 Å². The van der Waals surface area contributed by atoms with E-state index in [0.717, 1.165) is 61.8 Å². The number of carbonyl (C=O) groups excluding carboxylic acids is 1. The van der Waals surface area contributed by atoms with E-state index in [1.165, 1.54) is 12.1 Å². The fourth-order valence-electron chi connectivity index (χ4n) is 5.46. The Kier molecular flexibility index (Phi) is 7.78. The van der Waals surface area contributed by atoms with Crippen LogP contribution in [0.15, 0.2) is 79.3 Å². The Bertz CT molecular complexity index is 2040. The third kappa shape index (κ3) is 5.92. The van der Waals surface area contributed by atoms with Gasteiger partial charge in [0, 0.05) is 40.2 Å². The Labute approximate surface area is 267 Å². The molecule has 0 saturated heterocycles. The standard InChI is InChI=1S/C33H27ClFN7O2S/c1-36-21-5-7-22(8-6-21)40-29(43)16-42-27-11-10-24-30-32(37-18-38-33(30)45-31(24)25(27)15-39-42)41-23-9-12-28(26(34)14-23)44-17-19-3-2-4-20(35)13-19/h2-9,12-15,18,36H,10-11,16-17H2,1H3,(H,40,43)(H,37,38,41). The third-order valence-electron chi connectivity index (χ3n) is 7.62. The largest absolute Gasteiger partial charge is 0.487 e. The first kappa shape index (κ1) is 28.8. The molecule has 45 heavy (non-hydrogen) atoms. The Morgan fingerprint density at radius 1 is 1.04 bits per heavy atom. The van der Waals surface area contributed by atoms with Gasteiger partial charge in [0.1, 0.15) is 41.7 Å². The van der Waals surface area contributed by atoms with Crippen molar-refractivity contribution in [2.24, 2.45) is 0 Å². The summed E-state index contributed by atoms with van der Waals surface area (Å²) in [5, 5.41) is 15.4. The number of hydrogen-bond acceptors (Lipinski definition) is 8. The second kappa shape index (κ2) is 12.2. The summed E-state index contributed by atoms with van der Waals surface area (Å²) in [6.07, 6.45) is 4.87. The normalized spacial score (nSPS) is 12.0. The molecule has 0 aliphatic heterocycles. The van der Waals surface area contributed by atoms with Crippen LogP contribution in [-0.4, -0.2) is 32.7 Å². The molecule has 1 amide bonds. The van der Waals surface area contributed by atoms with Gasteiger partial charge in [-0.05, 0) is 78.6 Å². The molecule has 0 unspecified atom stereocenters. The molecule has 3 heterocycles. The van der Waals surface area contributed by atoms with E-state index in [-0.39, 0.29) is 24.9 Å². The van der Waals surface area contributed by atoms with Gasteiger partial charge >= 0.3 is 0 Å². The molecule has 12 heteroatoms. The molecule has 0 saturated carbocycles. The smallest absolute Gasteiger partial charge is 0.246 e. The second-order valence-corrected chi connectivity index (χ2v) is 11.9. The average molecular weight is 640 g/mol. The van der Waals surface area contributed by atoms with Gasteiger partial charge in [-0.15, -0.1) is 11.3 Å². The van der Waals surface area contributed by atoms with Crippen LogP contribution in [0.1, 0.15) is 16.8 Å². The fraction of sp³-hybridized carbons (Fsp3) is 0.152. The van der Waals surface area contributed by atoms with Gasteiger partial charge in [-0.1, -0.05) is 23.7 Å². The van der Waals surface area contributed by atoms with Gasteiger partial charge in [0.15, 0.2) is 0 Å². The highest BCUT2D eigenvalue weighted by Crippen LogP contribution is 2.45. The van der Waals surface area contributed by atoms with E-state index in [0.29, 0.717) is 22.2 Å². The van der Waals surface area contributed by atoms with Gasteiger partial charge in [0.05, 0.1) is 16.6 Å². The SMILES string of the molecule is CNc1ccc(NC(=O)Cn2ncc3c2CCc2c-3sc3ncnc(Nc4ccc(OCc5cccc(F)c5)c(Cl)c4)c23)cc1. The lowest BCUT2D eigenvalue weighted by atomic mass is 9.95. The van der Waals surface area contributed by atoms with Crippen LogP contribution in [0.5, 0.6) is 5.75 Å². The molecule has 1 aliphatic carbocycles. The summed E-state index contributed by atoms with van der Waals surface area (Å²) >= 11 is 8.14. The summed E-state index contributed by atoms with van der Waals surface area (Å²) in [6, 6.07) is 19.2. The van der Waals surface area contributed by atoms with Gasteiger partial charge in [0.25, 0.3) is 0 Å². The molecule has 0 atom stereocenters. The zero-order valence-corrected chi connectivity index (χ0v) is 25.7. The van der Waals surface area contributed by atoms with Crippen LogP contribution in [0.3, 0.4) is 0 Å². The van der Waals surface area contributed by atoms with Crippen molar-refractivity contribution in [3.8, 4) is 16.2 Å². The predicted octanol–water partition coefficient (Wildman–Crippen LogP) is 7.45. The van der Waals surface area contributed by atoms with Crippen LogP contribution < -0.4 is 20.7 Å². The first-order valence-corrected chi connectivity index (χ1v) is 15.5. The molecule has 0 spiro atoms. The van der Waals surface area contributed by atoms with Crippen molar-refractivity contribution in [1.29, 1.82) is 0 Å². The summed E-state index contributed by atoms with van der Waals surface area (Å²) in [4.78, 5) is 23.9. The number of anilines is 4. The molecule has 3 aromatic heterocycles. The van der Waals surface area contributed by atoms with Crippen molar-refractivity contribution in [2.75, 3.05) is 23.0 Å². The highest BCUT2D eigenvalue weighted by atomic mass is 35.5. The van der Waals surface area contributed by atoms with Crippen LogP contribution in [0.2, 0.25) is 5.02 Å². The highest BCUT2D eigenvalue weighted by molar-refractivity contribution is 7.22. The fourth-order valence-corrected chi connectivity index (χ4v) is 6.92. The summed E-state index contributed by atoms with van der Waals surface area (Å²) in [5.41, 5.74) is 6.36. The van der Waals surface area contributed by atoms with E-state index in [9.17, 15) is 9.18 Å². The molecule has 0 radical (unpaired) electrons. The second-order valence-electron chi connectivity index (χ2n) is 10.5. The van der Waals surface area contributed by atoms with E-state index in [1.807, 2.05) is 43.6 Å². The van der Waals surface area contributed by atoms with Crippen LogP contribution in [0.4, 0.5) is 27.3 Å². The number of nitrogens with zero attached hydrogens (tertiary/aromatic N) is 4. The van der Waals surface area contributed by atoms with Crippen molar-refractivity contribution >= 4 is 61.9 Å². The van der Waals surface area contributed by atoms with Crippen molar-refractivity contribution in [3.63, 3.8) is 0 Å². The maximum absolute atomic E-state index is 13.5. The zero-order chi connectivity index (χ0) is 30.9. The first-order valence-electron chi connectivity index (χ1n) is 14.3. The number of nitrogens with one attached hydrogen (secondary N) is 3. The molecule has 1 aliphatic rings. The monoisotopic (exact) mass is 639 g/mol. The molecule has 0 fully saturated rings. The maximum Gasteiger partial charge on any atom is 0.246 e. The number of halogens is 2. The Balaban J connectivity index is 1.09. The number of fused-ring (bicyclic) bond motifs is 5. The Morgan fingerprint density at radius 3 is 2.67 bits per heavy atom. The van der Waals surface area contributed by atoms with Crippen LogP contribution in [-0.2, 0) is 30.8 Å². The van der Waals surface area contributed by atoms with Gasteiger partial charge in [0.2, 0.25) is 5.91 Å². The van der Waals surface area contributed by atoms with Gasteiger partial charge in [-0.3, -0.25) is 9.48 Å². The topological polar surface area (TPSA) is 106 Å². The molecular formula is C33H27ClFN7O2S. The quantitative estimate of drug-likeness (QED) is 0.151. The van der Waals surface area contributed by atoms with Crippen molar-refractivity contribution in [2.45, 2.75) is 26.0 Å². The first-order chi connectivity index (χ1) is 21.9. The van der Waals surface area contributed by atoms with E-state index in [2.05, 4.69) is 31.0 Å². The van der Waals surface area contributed by atoms with Crippen molar-refractivity contribution in [1.82, 2.24) is 19.7 Å². The average Bonchev–Trinajstić information content (AvgIpc) is 3.63. The summed E-state index contributed by atoms with van der Waals surface area (Å²) in [7, 11) is 1.85. The molecule has 226 valence electrons. The summed E-state index contributed by atoms with van der Waals surface area (Å²) in [6.45, 7) is 0.324. The van der Waals surface area contributed by atoms with Crippen molar-refractivity contribution in [3.05, 3.63) is 107 Å². The number of aromatic nitrogens is 4. The van der Waals surface area contributed by atoms with Crippen LogP contribution in [0.25, 0.3) is 20.7 Å². The molecular weight excluding hydrogens is 613 g/mol. The van der Waals surface area contributed by atoms with E-state index in [4.69, 9.17) is 16.3 Å². The zero-order valence-electron chi connectivity index (χ0n) is 24.1. The number of amides is 1. The molecule has 3 N–H and O–H groups in total. The number of thiophene rings is 1. The molecule has 6 aromatic rings. The van der Waals surface area contributed by atoms with Crippen LogP contribution >= 0.6 is 22.9 Å². The van der Waals surface area contributed by atoms with E-state index < -0.39 is 0 Å². The lowest BCUT2D eigenvalue weighted by molar-refractivity contribution is -0.116. The van der Waals surface area contributed by atoms with E-state index >= 15 is 0 Å². The molecule has 0 bridgehead atoms. The Morgan fingerprint density at radius 2 is 1.87 bits per heavy atom. The number of benzene rings is 3. The number of ether oxygens (including phenoxy) is 1. The Hall–Kier alpha value is -5.00. The minimum absolute atomic E-state index is 0.124. The minimum atomic E-state index is -0.312.